The average molecular weight is 455 g/mol. The van der Waals surface area contributed by atoms with Crippen molar-refractivity contribution in [2.75, 3.05) is 31.1 Å². The number of aromatic amines is 1. The van der Waals surface area contributed by atoms with E-state index in [1.807, 2.05) is 12.3 Å². The molecule has 5 heteroatoms. The summed E-state index contributed by atoms with van der Waals surface area (Å²) < 4.78 is 1.61. The molecule has 0 atom stereocenters. The quantitative estimate of drug-likeness (QED) is 0.613. The molecule has 4 rings (SSSR count). The summed E-state index contributed by atoms with van der Waals surface area (Å²) in [5.74, 6) is 0. The Morgan fingerprint density at radius 2 is 1.73 bits per heavy atom. The Morgan fingerprint density at radius 1 is 1.00 bits per heavy atom. The maximum atomic E-state index is 4.39. The van der Waals surface area contributed by atoms with Crippen molar-refractivity contribution in [3.05, 3.63) is 54.4 Å². The molecule has 0 aliphatic carbocycles. The summed E-state index contributed by atoms with van der Waals surface area (Å²) in [4.78, 5) is 20.2. The van der Waals surface area contributed by atoms with E-state index < -0.39 is 18.4 Å². The predicted octanol–water partition coefficient (Wildman–Crippen LogP) is 3.43. The average Bonchev–Trinajstić information content (AvgIpc) is 3.05. The second-order valence-corrected chi connectivity index (χ2v) is 22.8. The first-order valence-corrected chi connectivity index (χ1v) is 19.5. The second-order valence-electron chi connectivity index (χ2n) is 8.27. The van der Waals surface area contributed by atoms with Crippen LogP contribution in [0.5, 0.6) is 0 Å². The number of H-pyrrole nitrogens is 1. The number of hydrogen-bond acceptors (Lipinski definition) is 3. The zero-order valence-electron chi connectivity index (χ0n) is 16.0. The Bertz CT molecular complexity index is 871. The number of pyridine rings is 1. The van der Waals surface area contributed by atoms with E-state index in [9.17, 15) is 0 Å². The van der Waals surface area contributed by atoms with E-state index in [4.69, 9.17) is 0 Å². The first-order valence-electron chi connectivity index (χ1n) is 9.49. The van der Waals surface area contributed by atoms with E-state index in [1.165, 1.54) is 16.6 Å². The molecule has 26 heavy (non-hydrogen) atoms. The molecular weight excluding hydrogens is 427 g/mol. The van der Waals surface area contributed by atoms with Crippen molar-refractivity contribution in [3.63, 3.8) is 0 Å². The summed E-state index contributed by atoms with van der Waals surface area (Å²) in [6, 6.07) is 13.6. The number of fused-ring (bicyclic) bond motifs is 1. The SMILES string of the molecule is [CH3][Sn]([CH3])([CH3])[c]1ccc(N2CCN(Cc3c[nH]c4ncccc34)CC2)cc1. The standard InChI is InChI=1S/C18H19N4.3CH3.Sn/c1-2-5-16(6-3-1)22-11-9-21(10-12-22)14-15-13-20-18-17(15)7-4-8-19-18;;;;/h2-8,13H,9-12,14H2,(H,19,20);3*1H3;. The van der Waals surface area contributed by atoms with E-state index in [1.54, 1.807) is 3.58 Å². The molecule has 4 nitrogen and oxygen atoms in total. The van der Waals surface area contributed by atoms with Crippen LogP contribution in [0.1, 0.15) is 5.56 Å². The van der Waals surface area contributed by atoms with Gasteiger partial charge in [0.2, 0.25) is 0 Å². The third kappa shape index (κ3) is 3.76. The molecule has 1 saturated heterocycles. The van der Waals surface area contributed by atoms with Crippen LogP contribution in [0.2, 0.25) is 14.8 Å². The van der Waals surface area contributed by atoms with E-state index in [0.29, 0.717) is 0 Å². The van der Waals surface area contributed by atoms with Crippen LogP contribution in [0.25, 0.3) is 11.0 Å². The van der Waals surface area contributed by atoms with Crippen molar-refractivity contribution < 1.29 is 0 Å². The van der Waals surface area contributed by atoms with Gasteiger partial charge in [0.05, 0.1) is 0 Å². The van der Waals surface area contributed by atoms with Gasteiger partial charge in [0.15, 0.2) is 0 Å². The Balaban J connectivity index is 1.38. The molecule has 3 aromatic rings. The van der Waals surface area contributed by atoms with E-state index in [2.05, 4.69) is 71.1 Å². The molecule has 1 aromatic carbocycles. The minimum absolute atomic E-state index is 0.991. The van der Waals surface area contributed by atoms with Gasteiger partial charge in [-0.3, -0.25) is 0 Å². The zero-order chi connectivity index (χ0) is 18.1. The summed E-state index contributed by atoms with van der Waals surface area (Å²) in [5, 5.41) is 1.25. The van der Waals surface area contributed by atoms with Crippen molar-refractivity contribution in [3.8, 4) is 0 Å². The summed E-state index contributed by atoms with van der Waals surface area (Å²) >= 11 is -1.94. The Hall–Kier alpha value is -1.53. The molecule has 0 amide bonds. The third-order valence-electron chi connectivity index (χ3n) is 5.40. The molecule has 3 heterocycles. The van der Waals surface area contributed by atoms with Gasteiger partial charge in [-0.25, -0.2) is 4.98 Å². The summed E-state index contributed by atoms with van der Waals surface area (Å²) in [5.41, 5.74) is 3.72. The molecule has 0 radical (unpaired) electrons. The van der Waals surface area contributed by atoms with Crippen molar-refractivity contribution in [2.24, 2.45) is 0 Å². The van der Waals surface area contributed by atoms with Crippen molar-refractivity contribution >= 4 is 38.7 Å². The van der Waals surface area contributed by atoms with Gasteiger partial charge in [-0.05, 0) is 6.07 Å². The molecule has 2 aromatic heterocycles. The fraction of sp³-hybridized carbons (Fsp3) is 0.381. The van der Waals surface area contributed by atoms with E-state index in [0.717, 1.165) is 38.4 Å². The van der Waals surface area contributed by atoms with Gasteiger partial charge >= 0.3 is 143 Å². The summed E-state index contributed by atoms with van der Waals surface area (Å²) in [6.07, 6.45) is 3.96. The molecule has 0 unspecified atom stereocenters. The van der Waals surface area contributed by atoms with Crippen LogP contribution >= 0.6 is 0 Å². The van der Waals surface area contributed by atoms with Crippen LogP contribution in [0.4, 0.5) is 5.69 Å². The maximum absolute atomic E-state index is 4.39. The number of aromatic nitrogens is 2. The van der Waals surface area contributed by atoms with E-state index >= 15 is 0 Å². The van der Waals surface area contributed by atoms with Gasteiger partial charge < -0.3 is 0 Å². The van der Waals surface area contributed by atoms with E-state index in [-0.39, 0.29) is 0 Å². The Kier molecular flexibility index (Phi) is 4.97. The monoisotopic (exact) mass is 456 g/mol. The number of hydrogen-bond donors (Lipinski definition) is 1. The van der Waals surface area contributed by atoms with Gasteiger partial charge in [0.25, 0.3) is 0 Å². The van der Waals surface area contributed by atoms with Crippen molar-refractivity contribution in [2.45, 2.75) is 21.4 Å². The number of nitrogens with one attached hydrogen (secondary N) is 1. The Morgan fingerprint density at radius 3 is 2.42 bits per heavy atom. The van der Waals surface area contributed by atoms with Crippen LogP contribution < -0.4 is 8.48 Å². The summed E-state index contributed by atoms with van der Waals surface area (Å²) in [7, 11) is 0. The first-order chi connectivity index (χ1) is 12.5. The fourth-order valence-corrected chi connectivity index (χ4v) is 7.05. The molecule has 0 saturated carbocycles. The minimum atomic E-state index is -1.94. The van der Waals surface area contributed by atoms with Gasteiger partial charge in [-0.15, -0.1) is 0 Å². The first kappa shape index (κ1) is 17.9. The van der Waals surface area contributed by atoms with Gasteiger partial charge in [-0.1, -0.05) is 0 Å². The van der Waals surface area contributed by atoms with Crippen LogP contribution in [-0.2, 0) is 6.54 Å². The van der Waals surface area contributed by atoms with Gasteiger partial charge in [0, 0.05) is 6.20 Å². The molecular formula is C21H28N4Sn. The van der Waals surface area contributed by atoms with Crippen LogP contribution in [-0.4, -0.2) is 59.4 Å². The topological polar surface area (TPSA) is 35.2 Å². The Labute approximate surface area is 160 Å². The number of piperazine rings is 1. The molecule has 0 spiro atoms. The van der Waals surface area contributed by atoms with Gasteiger partial charge in [0.1, 0.15) is 0 Å². The molecule has 136 valence electrons. The molecule has 1 aliphatic rings. The third-order valence-corrected chi connectivity index (χ3v) is 11.3. The number of rotatable bonds is 4. The van der Waals surface area contributed by atoms with Gasteiger partial charge in [-0.2, -0.15) is 0 Å². The number of anilines is 1. The molecule has 1 fully saturated rings. The molecule has 1 N–H and O–H groups in total. The normalized spacial score (nSPS) is 16.3. The summed E-state index contributed by atoms with van der Waals surface area (Å²) in [6.45, 7) is 5.40. The number of nitrogens with zero attached hydrogens (tertiary/aromatic N) is 3. The zero-order valence-corrected chi connectivity index (χ0v) is 18.9. The molecule has 0 bridgehead atoms. The fourth-order valence-electron chi connectivity index (χ4n) is 3.72. The number of benzene rings is 1. The van der Waals surface area contributed by atoms with Crippen molar-refractivity contribution in [1.82, 2.24) is 14.9 Å². The van der Waals surface area contributed by atoms with Crippen LogP contribution in [0.15, 0.2) is 48.8 Å². The molecule has 1 aliphatic heterocycles. The second kappa shape index (κ2) is 7.23. The van der Waals surface area contributed by atoms with Crippen LogP contribution in [0.3, 0.4) is 0 Å². The predicted molar refractivity (Wildman–Crippen MR) is 113 cm³/mol. The van der Waals surface area contributed by atoms with Crippen molar-refractivity contribution in [1.29, 1.82) is 0 Å². The van der Waals surface area contributed by atoms with Crippen LogP contribution in [0, 0.1) is 0 Å².